The Kier molecular flexibility index (Phi) is 5.07. The lowest BCUT2D eigenvalue weighted by Crippen LogP contribution is -2.43. The van der Waals surface area contributed by atoms with Gasteiger partial charge in [-0.05, 0) is 31.2 Å². The highest BCUT2D eigenvalue weighted by molar-refractivity contribution is 8.00. The Balaban J connectivity index is 1.91. The van der Waals surface area contributed by atoms with E-state index >= 15 is 0 Å². The molecule has 1 amide bonds. The van der Waals surface area contributed by atoms with Crippen LogP contribution < -0.4 is 10.4 Å². The maximum atomic E-state index is 12.2. The Labute approximate surface area is 124 Å². The van der Waals surface area contributed by atoms with E-state index in [0.29, 0.717) is 0 Å². The number of carbonyl (C=O) groups is 1. The van der Waals surface area contributed by atoms with Gasteiger partial charge in [-0.3, -0.25) is 15.2 Å². The Morgan fingerprint density at radius 2 is 1.60 bits per heavy atom. The predicted octanol–water partition coefficient (Wildman–Crippen LogP) is 3.33. The molecular formula is C16H18N2OS. The van der Waals surface area contributed by atoms with Crippen molar-refractivity contribution in [3.8, 4) is 0 Å². The van der Waals surface area contributed by atoms with Crippen LogP contribution in [0.15, 0.2) is 65.6 Å². The molecule has 0 aliphatic heterocycles. The normalized spacial score (nSPS) is 11.7. The summed E-state index contributed by atoms with van der Waals surface area (Å²) in [7, 11) is 1.84. The zero-order valence-electron chi connectivity index (χ0n) is 11.6. The second-order valence-electron chi connectivity index (χ2n) is 4.44. The number of rotatable bonds is 5. The Morgan fingerprint density at radius 1 is 1.05 bits per heavy atom. The average molecular weight is 286 g/mol. The molecule has 0 bridgehead atoms. The molecule has 0 aliphatic rings. The van der Waals surface area contributed by atoms with Crippen molar-refractivity contribution in [3.63, 3.8) is 0 Å². The Bertz CT molecular complexity index is 545. The first-order valence-electron chi connectivity index (χ1n) is 6.48. The van der Waals surface area contributed by atoms with Crippen molar-refractivity contribution >= 4 is 23.4 Å². The Hall–Kier alpha value is -1.94. The summed E-state index contributed by atoms with van der Waals surface area (Å²) in [4.78, 5) is 13.3. The van der Waals surface area contributed by atoms with Crippen molar-refractivity contribution in [2.45, 2.75) is 17.1 Å². The molecule has 2 aromatic rings. The zero-order valence-corrected chi connectivity index (χ0v) is 12.4. The predicted molar refractivity (Wildman–Crippen MR) is 84.7 cm³/mol. The summed E-state index contributed by atoms with van der Waals surface area (Å²) in [5, 5.41) is 1.59. The second-order valence-corrected chi connectivity index (χ2v) is 5.86. The van der Waals surface area contributed by atoms with Gasteiger partial charge in [-0.2, -0.15) is 0 Å². The van der Waals surface area contributed by atoms with Gasteiger partial charge in [-0.15, -0.1) is 11.8 Å². The highest BCUT2D eigenvalue weighted by atomic mass is 32.2. The van der Waals surface area contributed by atoms with Gasteiger partial charge in [0.15, 0.2) is 0 Å². The molecule has 0 aliphatic carbocycles. The van der Waals surface area contributed by atoms with E-state index in [1.165, 1.54) is 0 Å². The molecule has 1 atom stereocenters. The van der Waals surface area contributed by atoms with Crippen LogP contribution in [-0.2, 0) is 4.79 Å². The number of thioether (sulfide) groups is 1. The van der Waals surface area contributed by atoms with Crippen molar-refractivity contribution in [3.05, 3.63) is 60.7 Å². The van der Waals surface area contributed by atoms with Crippen LogP contribution in [0.5, 0.6) is 0 Å². The van der Waals surface area contributed by atoms with Gasteiger partial charge < -0.3 is 0 Å². The van der Waals surface area contributed by atoms with Crippen LogP contribution in [-0.4, -0.2) is 18.2 Å². The van der Waals surface area contributed by atoms with E-state index < -0.39 is 0 Å². The number of carbonyl (C=O) groups excluding carboxylic acids is 1. The lowest BCUT2D eigenvalue weighted by atomic mass is 10.3. The maximum Gasteiger partial charge on any atom is 0.251 e. The highest BCUT2D eigenvalue weighted by Gasteiger charge is 2.15. The van der Waals surface area contributed by atoms with Crippen LogP contribution in [0.2, 0.25) is 0 Å². The molecule has 20 heavy (non-hydrogen) atoms. The van der Waals surface area contributed by atoms with Crippen LogP contribution in [0.3, 0.4) is 0 Å². The number of benzene rings is 2. The van der Waals surface area contributed by atoms with E-state index in [4.69, 9.17) is 0 Å². The number of hydrogen-bond acceptors (Lipinski definition) is 3. The number of nitrogens with one attached hydrogen (secondary N) is 1. The SMILES string of the molecule is CC(Sc1ccccc1)C(=O)NN(C)c1ccccc1. The van der Waals surface area contributed by atoms with Crippen molar-refractivity contribution in [1.82, 2.24) is 5.43 Å². The fraction of sp³-hybridized carbons (Fsp3) is 0.188. The van der Waals surface area contributed by atoms with Gasteiger partial charge >= 0.3 is 0 Å². The topological polar surface area (TPSA) is 32.3 Å². The summed E-state index contributed by atoms with van der Waals surface area (Å²) in [6.07, 6.45) is 0. The summed E-state index contributed by atoms with van der Waals surface area (Å²) in [6.45, 7) is 1.91. The standard InChI is InChI=1S/C16H18N2OS/c1-13(20-15-11-7-4-8-12-15)16(19)17-18(2)14-9-5-3-6-10-14/h3-13H,1-2H3,(H,17,19). The van der Waals surface area contributed by atoms with E-state index in [9.17, 15) is 4.79 Å². The molecule has 0 saturated carbocycles. The highest BCUT2D eigenvalue weighted by Crippen LogP contribution is 2.22. The number of para-hydroxylation sites is 1. The minimum Gasteiger partial charge on any atom is -0.289 e. The first-order chi connectivity index (χ1) is 9.66. The summed E-state index contributed by atoms with van der Waals surface area (Å²) >= 11 is 1.55. The lowest BCUT2D eigenvalue weighted by molar-refractivity contribution is -0.120. The molecule has 1 unspecified atom stereocenters. The molecule has 1 N–H and O–H groups in total. The third kappa shape index (κ3) is 4.03. The van der Waals surface area contributed by atoms with Gasteiger partial charge in [-0.25, -0.2) is 0 Å². The molecule has 0 saturated heterocycles. The molecule has 0 heterocycles. The van der Waals surface area contributed by atoms with Gasteiger partial charge in [0.05, 0.1) is 10.9 Å². The molecule has 0 spiro atoms. The van der Waals surface area contributed by atoms with Crippen LogP contribution in [0.25, 0.3) is 0 Å². The first-order valence-corrected chi connectivity index (χ1v) is 7.36. The second kappa shape index (κ2) is 7.01. The van der Waals surface area contributed by atoms with Gasteiger partial charge in [0.25, 0.3) is 5.91 Å². The van der Waals surface area contributed by atoms with Crippen LogP contribution >= 0.6 is 11.8 Å². The number of hydrogen-bond donors (Lipinski definition) is 1. The largest absolute Gasteiger partial charge is 0.289 e. The van der Waals surface area contributed by atoms with E-state index in [0.717, 1.165) is 10.6 Å². The molecule has 3 nitrogen and oxygen atoms in total. The molecule has 104 valence electrons. The molecule has 0 fully saturated rings. The van der Waals surface area contributed by atoms with Crippen LogP contribution in [0.4, 0.5) is 5.69 Å². The monoisotopic (exact) mass is 286 g/mol. The summed E-state index contributed by atoms with van der Waals surface area (Å²) < 4.78 is 0. The quantitative estimate of drug-likeness (QED) is 0.676. The molecular weight excluding hydrogens is 268 g/mol. The van der Waals surface area contributed by atoms with Crippen molar-refractivity contribution in [2.75, 3.05) is 12.1 Å². The number of amides is 1. The lowest BCUT2D eigenvalue weighted by Gasteiger charge is -2.22. The molecule has 0 aromatic heterocycles. The summed E-state index contributed by atoms with van der Waals surface area (Å²) in [6, 6.07) is 19.7. The number of nitrogens with zero attached hydrogens (tertiary/aromatic N) is 1. The Morgan fingerprint density at radius 3 is 2.20 bits per heavy atom. The minimum atomic E-state index is -0.149. The third-order valence-electron chi connectivity index (χ3n) is 2.85. The third-order valence-corrected chi connectivity index (χ3v) is 3.96. The average Bonchev–Trinajstić information content (AvgIpc) is 2.49. The van der Waals surface area contributed by atoms with E-state index in [-0.39, 0.29) is 11.2 Å². The fourth-order valence-electron chi connectivity index (χ4n) is 1.73. The number of anilines is 1. The van der Waals surface area contributed by atoms with E-state index in [1.807, 2.05) is 74.6 Å². The zero-order chi connectivity index (χ0) is 14.4. The van der Waals surface area contributed by atoms with Gasteiger partial charge in [0, 0.05) is 11.9 Å². The van der Waals surface area contributed by atoms with Crippen molar-refractivity contribution in [2.24, 2.45) is 0 Å². The number of hydrazine groups is 1. The van der Waals surface area contributed by atoms with Gasteiger partial charge in [0.2, 0.25) is 0 Å². The van der Waals surface area contributed by atoms with Gasteiger partial charge in [-0.1, -0.05) is 36.4 Å². The molecule has 4 heteroatoms. The van der Waals surface area contributed by atoms with Gasteiger partial charge in [0.1, 0.15) is 0 Å². The molecule has 2 rings (SSSR count). The van der Waals surface area contributed by atoms with Crippen LogP contribution in [0, 0.1) is 0 Å². The molecule has 0 radical (unpaired) electrons. The maximum absolute atomic E-state index is 12.2. The summed E-state index contributed by atoms with van der Waals surface area (Å²) in [5.74, 6) is -0.00907. The van der Waals surface area contributed by atoms with E-state index in [2.05, 4.69) is 5.43 Å². The first kappa shape index (κ1) is 14.5. The smallest absolute Gasteiger partial charge is 0.251 e. The fourth-order valence-corrected chi connectivity index (χ4v) is 2.61. The molecule has 2 aromatic carbocycles. The summed E-state index contributed by atoms with van der Waals surface area (Å²) in [5.41, 5.74) is 3.85. The van der Waals surface area contributed by atoms with Crippen LogP contribution in [0.1, 0.15) is 6.92 Å². The van der Waals surface area contributed by atoms with E-state index in [1.54, 1.807) is 16.8 Å². The minimum absolute atomic E-state index is 0.00907. The van der Waals surface area contributed by atoms with Crippen molar-refractivity contribution in [1.29, 1.82) is 0 Å². The van der Waals surface area contributed by atoms with Crippen molar-refractivity contribution < 1.29 is 4.79 Å².